The Morgan fingerprint density at radius 1 is 0.581 bits per heavy atom. The smallest absolute Gasteiger partial charge is 0.145 e. The zero-order valence-electron chi connectivity index (χ0n) is 23.8. The van der Waals surface area contributed by atoms with Gasteiger partial charge in [0.1, 0.15) is 6.17 Å². The molecule has 8 rings (SSSR count). The van der Waals surface area contributed by atoms with Gasteiger partial charge in [-0.1, -0.05) is 121 Å². The first-order valence-electron chi connectivity index (χ1n) is 15.0. The van der Waals surface area contributed by atoms with E-state index in [1.807, 2.05) is 6.07 Å². The number of allylic oxidation sites excluding steroid dienone is 5. The van der Waals surface area contributed by atoms with E-state index < -0.39 is 0 Å². The van der Waals surface area contributed by atoms with E-state index in [0.29, 0.717) is 0 Å². The largest absolute Gasteiger partial charge is 0.360 e. The molecule has 0 spiro atoms. The lowest BCUT2D eigenvalue weighted by molar-refractivity contribution is 0.664. The van der Waals surface area contributed by atoms with Crippen LogP contribution in [-0.2, 0) is 0 Å². The van der Waals surface area contributed by atoms with Crippen LogP contribution in [0.3, 0.4) is 0 Å². The predicted molar refractivity (Wildman–Crippen MR) is 181 cm³/mol. The summed E-state index contributed by atoms with van der Waals surface area (Å²) in [5.41, 5.74) is 12.0. The maximum atomic E-state index is 5.18. The van der Waals surface area contributed by atoms with Gasteiger partial charge in [0.15, 0.2) is 0 Å². The van der Waals surface area contributed by atoms with Gasteiger partial charge in [-0.15, -0.1) is 0 Å². The van der Waals surface area contributed by atoms with Crippen molar-refractivity contribution in [3.05, 3.63) is 174 Å². The molecular weight excluding hydrogens is 522 g/mol. The topological polar surface area (TPSA) is 29.3 Å². The average Bonchev–Trinajstić information content (AvgIpc) is 3.43. The van der Waals surface area contributed by atoms with Crippen LogP contribution < -0.4 is 5.32 Å². The van der Waals surface area contributed by atoms with E-state index >= 15 is 0 Å². The SMILES string of the molecule is C1=C(c2cccc(C3=NC(c4ccccc4)NC(c4ccccc4)=C3)c2)CCC(n2c3ccccc3c3ccccc32)=C1. The number of hydrogen-bond donors (Lipinski definition) is 1. The van der Waals surface area contributed by atoms with Gasteiger partial charge in [-0.3, -0.25) is 4.99 Å². The van der Waals surface area contributed by atoms with E-state index in [2.05, 4.69) is 156 Å². The Morgan fingerprint density at radius 3 is 1.91 bits per heavy atom. The monoisotopic (exact) mass is 553 g/mol. The Bertz CT molecular complexity index is 2040. The van der Waals surface area contributed by atoms with E-state index in [1.165, 1.54) is 38.6 Å². The van der Waals surface area contributed by atoms with Crippen molar-refractivity contribution in [3.8, 4) is 0 Å². The molecule has 0 saturated carbocycles. The molecule has 1 aliphatic carbocycles. The highest BCUT2D eigenvalue weighted by molar-refractivity contribution is 6.13. The molecule has 1 aliphatic heterocycles. The number of benzene rings is 5. The number of rotatable bonds is 5. The molecule has 0 amide bonds. The van der Waals surface area contributed by atoms with Crippen molar-refractivity contribution < 1.29 is 0 Å². The van der Waals surface area contributed by atoms with Gasteiger partial charge < -0.3 is 9.88 Å². The molecule has 0 fully saturated rings. The summed E-state index contributed by atoms with van der Waals surface area (Å²) in [6.07, 6.45) is 8.63. The van der Waals surface area contributed by atoms with E-state index in [1.54, 1.807) is 0 Å². The average molecular weight is 554 g/mol. The number of para-hydroxylation sites is 2. The van der Waals surface area contributed by atoms with Gasteiger partial charge in [0.25, 0.3) is 0 Å². The van der Waals surface area contributed by atoms with Gasteiger partial charge in [-0.05, 0) is 65.5 Å². The number of hydrogen-bond acceptors (Lipinski definition) is 2. The lowest BCUT2D eigenvalue weighted by Crippen LogP contribution is -2.24. The van der Waals surface area contributed by atoms with E-state index in [0.717, 1.165) is 40.9 Å². The first-order chi connectivity index (χ1) is 21.3. The molecule has 1 unspecified atom stereocenters. The zero-order valence-corrected chi connectivity index (χ0v) is 23.8. The maximum Gasteiger partial charge on any atom is 0.145 e. The van der Waals surface area contributed by atoms with E-state index in [4.69, 9.17) is 4.99 Å². The summed E-state index contributed by atoms with van der Waals surface area (Å²) >= 11 is 0. The molecule has 1 atom stereocenters. The molecule has 2 heterocycles. The minimum Gasteiger partial charge on any atom is -0.360 e. The van der Waals surface area contributed by atoms with Gasteiger partial charge in [0.05, 0.1) is 16.7 Å². The molecule has 5 aromatic carbocycles. The second-order valence-corrected chi connectivity index (χ2v) is 11.2. The van der Waals surface area contributed by atoms with Crippen molar-refractivity contribution in [2.45, 2.75) is 19.0 Å². The van der Waals surface area contributed by atoms with Crippen LogP contribution in [0.4, 0.5) is 0 Å². The molecule has 6 aromatic rings. The van der Waals surface area contributed by atoms with Crippen molar-refractivity contribution in [2.75, 3.05) is 0 Å². The summed E-state index contributed by atoms with van der Waals surface area (Å²) in [7, 11) is 0. The van der Waals surface area contributed by atoms with Crippen LogP contribution >= 0.6 is 0 Å². The fraction of sp³-hybridized carbons (Fsp3) is 0.0750. The summed E-state index contributed by atoms with van der Waals surface area (Å²) in [6, 6.07) is 47.3. The molecular formula is C40H31N3. The third-order valence-electron chi connectivity index (χ3n) is 8.57. The first kappa shape index (κ1) is 25.3. The molecule has 206 valence electrons. The van der Waals surface area contributed by atoms with Gasteiger partial charge in [-0.25, -0.2) is 0 Å². The zero-order chi connectivity index (χ0) is 28.6. The minimum atomic E-state index is -0.148. The van der Waals surface area contributed by atoms with Crippen molar-refractivity contribution in [1.82, 2.24) is 9.88 Å². The Balaban J connectivity index is 1.16. The highest BCUT2D eigenvalue weighted by Gasteiger charge is 2.20. The van der Waals surface area contributed by atoms with Crippen LogP contribution in [0, 0.1) is 0 Å². The summed E-state index contributed by atoms with van der Waals surface area (Å²) in [6.45, 7) is 0. The number of aromatic nitrogens is 1. The molecule has 43 heavy (non-hydrogen) atoms. The van der Waals surface area contributed by atoms with E-state index in [-0.39, 0.29) is 6.17 Å². The molecule has 2 aliphatic rings. The molecule has 3 nitrogen and oxygen atoms in total. The highest BCUT2D eigenvalue weighted by atomic mass is 15.1. The quantitative estimate of drug-likeness (QED) is 0.226. The molecule has 3 heteroatoms. The van der Waals surface area contributed by atoms with Gasteiger partial charge >= 0.3 is 0 Å². The second-order valence-electron chi connectivity index (χ2n) is 11.2. The minimum absolute atomic E-state index is 0.148. The maximum absolute atomic E-state index is 5.18. The van der Waals surface area contributed by atoms with Crippen molar-refractivity contribution >= 4 is 44.5 Å². The fourth-order valence-electron chi connectivity index (χ4n) is 6.43. The molecule has 1 aromatic heterocycles. The van der Waals surface area contributed by atoms with Crippen molar-refractivity contribution in [2.24, 2.45) is 4.99 Å². The van der Waals surface area contributed by atoms with Crippen LogP contribution in [-0.4, -0.2) is 10.3 Å². The predicted octanol–water partition coefficient (Wildman–Crippen LogP) is 9.64. The lowest BCUT2D eigenvalue weighted by atomic mass is 9.93. The van der Waals surface area contributed by atoms with Crippen molar-refractivity contribution in [3.63, 3.8) is 0 Å². The molecule has 0 saturated heterocycles. The summed E-state index contributed by atoms with van der Waals surface area (Å²) < 4.78 is 2.44. The summed E-state index contributed by atoms with van der Waals surface area (Å²) in [5.74, 6) is 0. The molecule has 0 bridgehead atoms. The fourth-order valence-corrected chi connectivity index (χ4v) is 6.43. The number of fused-ring (bicyclic) bond motifs is 3. The Morgan fingerprint density at radius 2 is 1.21 bits per heavy atom. The first-order valence-corrected chi connectivity index (χ1v) is 15.0. The number of nitrogens with zero attached hydrogens (tertiary/aromatic N) is 2. The standard InChI is InChI=1S/C40H31N3/c1-3-12-29(13-4-1)36-27-37(42-40(41-36)30-14-5-2-6-15-30)32-17-11-16-31(26-32)28-22-24-33(25-23-28)43-38-20-9-7-18-34(38)35-19-8-10-21-39(35)43/h1-22,24,26-27,40-41H,23,25H2. The van der Waals surface area contributed by atoms with Gasteiger partial charge in [-0.2, -0.15) is 0 Å². The Kier molecular flexibility index (Phi) is 6.34. The van der Waals surface area contributed by atoms with E-state index in [9.17, 15) is 0 Å². The molecule has 0 radical (unpaired) electrons. The van der Waals surface area contributed by atoms with Crippen LogP contribution in [0.1, 0.15) is 41.3 Å². The number of nitrogens with one attached hydrogen (secondary N) is 1. The summed E-state index contributed by atoms with van der Waals surface area (Å²) in [4.78, 5) is 5.18. The Hall–Kier alpha value is -5.41. The van der Waals surface area contributed by atoms with Crippen LogP contribution in [0.15, 0.2) is 157 Å². The highest BCUT2D eigenvalue weighted by Crippen LogP contribution is 2.36. The van der Waals surface area contributed by atoms with Crippen LogP contribution in [0.25, 0.3) is 38.8 Å². The van der Waals surface area contributed by atoms with Crippen molar-refractivity contribution in [1.29, 1.82) is 0 Å². The van der Waals surface area contributed by atoms with Gasteiger partial charge in [0.2, 0.25) is 0 Å². The normalized spacial score (nSPS) is 16.7. The third-order valence-corrected chi connectivity index (χ3v) is 8.57. The van der Waals surface area contributed by atoms with Crippen LogP contribution in [0.2, 0.25) is 0 Å². The second kappa shape index (κ2) is 10.8. The Labute approximate surface area is 251 Å². The molecule has 1 N–H and O–H groups in total. The van der Waals surface area contributed by atoms with Gasteiger partial charge in [0, 0.05) is 27.7 Å². The summed E-state index contributed by atoms with van der Waals surface area (Å²) in [5, 5.41) is 6.27. The lowest BCUT2D eigenvalue weighted by Gasteiger charge is -2.25. The third kappa shape index (κ3) is 4.69. The van der Waals surface area contributed by atoms with Crippen LogP contribution in [0.5, 0.6) is 0 Å². The number of aliphatic imine (C=N–C) groups is 1.